The molecule has 2 aliphatic rings. The van der Waals surface area contributed by atoms with E-state index in [2.05, 4.69) is 10.2 Å². The Kier molecular flexibility index (Phi) is 6.38. The molecule has 9 heteroatoms. The van der Waals surface area contributed by atoms with Gasteiger partial charge in [0.2, 0.25) is 0 Å². The molecule has 0 heterocycles. The van der Waals surface area contributed by atoms with E-state index in [-0.39, 0.29) is 51.8 Å². The quantitative estimate of drug-likeness (QED) is 0.313. The van der Waals surface area contributed by atoms with Crippen LogP contribution in [0.1, 0.15) is 31.2 Å². The van der Waals surface area contributed by atoms with Crippen LogP contribution in [0.4, 0.5) is 5.69 Å². The second kappa shape index (κ2) is 8.51. The fourth-order valence-electron chi connectivity index (χ4n) is 4.28. The number of aromatic hydroxyl groups is 1. The first-order chi connectivity index (χ1) is 13.8. The number of azo groups is 1. The van der Waals surface area contributed by atoms with Crippen molar-refractivity contribution in [2.24, 2.45) is 22.1 Å². The van der Waals surface area contributed by atoms with Gasteiger partial charge in [-0.15, -0.1) is 10.2 Å². The van der Waals surface area contributed by atoms with Gasteiger partial charge in [0.05, 0.1) is 0 Å². The fourth-order valence-corrected chi connectivity index (χ4v) is 4.94. The van der Waals surface area contributed by atoms with Gasteiger partial charge in [-0.05, 0) is 48.8 Å². The predicted octanol–water partition coefficient (Wildman–Crippen LogP) is 5.33. The second-order valence-electron chi connectivity index (χ2n) is 7.60. The topological polar surface area (TPSA) is 120 Å². The molecule has 1 radical (unpaired) electrons. The van der Waals surface area contributed by atoms with Crippen molar-refractivity contribution in [2.45, 2.75) is 37.5 Å². The van der Waals surface area contributed by atoms with Crippen LogP contribution in [0.25, 0.3) is 10.8 Å². The zero-order valence-corrected chi connectivity index (χ0v) is 18.0. The third-order valence-electron chi connectivity index (χ3n) is 5.76. The molecule has 2 aromatic carbocycles. The maximum Gasteiger partial charge on any atom is 0.296 e. The molecule has 0 saturated heterocycles. The molecule has 0 bridgehead atoms. The summed E-state index contributed by atoms with van der Waals surface area (Å²) in [6.45, 7) is 1.78. The first-order valence-electron chi connectivity index (χ1n) is 9.53. The summed E-state index contributed by atoms with van der Waals surface area (Å²) in [5, 5.41) is 30.2. The van der Waals surface area contributed by atoms with E-state index in [1.807, 2.05) is 6.08 Å². The number of phenols is 1. The maximum atomic E-state index is 11.9. The smallest absolute Gasteiger partial charge is 0.296 e. The molecule has 1 fully saturated rings. The molecule has 7 nitrogen and oxygen atoms in total. The Morgan fingerprint density at radius 3 is 2.57 bits per heavy atom. The van der Waals surface area contributed by atoms with Crippen molar-refractivity contribution in [1.29, 1.82) is 0 Å². The number of rotatable bonds is 3. The molecular weight excluding hydrogens is 456 g/mol. The Labute approximate surface area is 185 Å². The van der Waals surface area contributed by atoms with E-state index in [1.165, 1.54) is 6.07 Å². The number of fused-ring (bicyclic) bond motifs is 2. The first-order valence-corrected chi connectivity index (χ1v) is 11.0. The number of aliphatic hydroxyl groups excluding tert-OH is 1. The number of benzene rings is 2. The van der Waals surface area contributed by atoms with Crippen LogP contribution in [0.3, 0.4) is 0 Å². The van der Waals surface area contributed by atoms with E-state index in [0.717, 1.165) is 31.2 Å². The maximum absolute atomic E-state index is 11.9. The number of hydrogen-bond acceptors (Lipinski definition) is 6. The van der Waals surface area contributed by atoms with Crippen LogP contribution in [0.2, 0.25) is 0 Å². The normalized spacial score (nSPS) is 21.7. The molecule has 3 N–H and O–H groups in total. The van der Waals surface area contributed by atoms with Crippen LogP contribution in [0.15, 0.2) is 63.0 Å². The van der Waals surface area contributed by atoms with E-state index in [1.54, 1.807) is 31.2 Å². The average Bonchev–Trinajstić information content (AvgIpc) is 2.68. The molecule has 163 valence electrons. The van der Waals surface area contributed by atoms with Gasteiger partial charge >= 0.3 is 0 Å². The molecular formula is C21H22CuN2O5S. The third-order valence-corrected chi connectivity index (χ3v) is 6.62. The zero-order valence-electron chi connectivity index (χ0n) is 16.2. The van der Waals surface area contributed by atoms with Gasteiger partial charge in [0.25, 0.3) is 10.1 Å². The summed E-state index contributed by atoms with van der Waals surface area (Å²) in [5.74, 6) is 0.00204. The van der Waals surface area contributed by atoms with Gasteiger partial charge in [0.1, 0.15) is 22.0 Å². The summed E-state index contributed by atoms with van der Waals surface area (Å²) in [6.07, 6.45) is 7.68. The summed E-state index contributed by atoms with van der Waals surface area (Å²) in [5.41, 5.74) is 0.607. The van der Waals surface area contributed by atoms with Crippen molar-refractivity contribution in [3.05, 3.63) is 53.4 Å². The summed E-state index contributed by atoms with van der Waals surface area (Å²) < 4.78 is 33.5. The monoisotopic (exact) mass is 477 g/mol. The Morgan fingerprint density at radius 1 is 1.10 bits per heavy atom. The number of phenolic OH excluding ortho intramolecular Hbond substituents is 1. The van der Waals surface area contributed by atoms with Gasteiger partial charge in [-0.25, -0.2) is 0 Å². The van der Waals surface area contributed by atoms with Gasteiger partial charge in [-0.3, -0.25) is 4.55 Å². The van der Waals surface area contributed by atoms with Crippen molar-refractivity contribution in [3.63, 3.8) is 0 Å². The van der Waals surface area contributed by atoms with E-state index >= 15 is 0 Å². The van der Waals surface area contributed by atoms with Crippen LogP contribution in [0, 0.1) is 18.8 Å². The SMILES string of the molecule is Cc1cccc2cc(S(=O)(=O)O)c(N=NC3=C(O)C4CCCCC4C=C3)c(O)c12.[Cu]. The average molecular weight is 478 g/mol. The number of nitrogens with zero attached hydrogens (tertiary/aromatic N) is 2. The molecule has 30 heavy (non-hydrogen) atoms. The van der Waals surface area contributed by atoms with E-state index in [9.17, 15) is 23.2 Å². The van der Waals surface area contributed by atoms with Crippen molar-refractivity contribution < 1.29 is 40.3 Å². The van der Waals surface area contributed by atoms with Crippen molar-refractivity contribution >= 4 is 26.6 Å². The molecule has 2 aromatic rings. The molecule has 2 unspecified atom stereocenters. The molecule has 2 atom stereocenters. The number of aliphatic hydroxyl groups is 1. The molecule has 0 spiro atoms. The molecule has 0 aliphatic heterocycles. The number of aryl methyl sites for hydroxylation is 1. The molecule has 0 amide bonds. The molecule has 0 aromatic heterocycles. The Balaban J connectivity index is 0.00000256. The summed E-state index contributed by atoms with van der Waals surface area (Å²) in [6, 6.07) is 6.40. The minimum atomic E-state index is -4.66. The van der Waals surface area contributed by atoms with E-state index in [4.69, 9.17) is 0 Å². The summed E-state index contributed by atoms with van der Waals surface area (Å²) in [7, 11) is -4.66. The van der Waals surface area contributed by atoms with Crippen LogP contribution < -0.4 is 0 Å². The van der Waals surface area contributed by atoms with Gasteiger partial charge in [0.15, 0.2) is 5.75 Å². The minimum absolute atomic E-state index is 0. The molecule has 2 aliphatic carbocycles. The number of hydrogen-bond donors (Lipinski definition) is 3. The van der Waals surface area contributed by atoms with Gasteiger partial charge in [0, 0.05) is 28.4 Å². The van der Waals surface area contributed by atoms with Gasteiger partial charge in [-0.1, -0.05) is 37.1 Å². The zero-order chi connectivity index (χ0) is 20.8. The minimum Gasteiger partial charge on any atom is -0.510 e. The van der Waals surface area contributed by atoms with E-state index < -0.39 is 15.0 Å². The Bertz CT molecular complexity index is 1190. The van der Waals surface area contributed by atoms with Crippen molar-refractivity contribution in [2.75, 3.05) is 0 Å². The fraction of sp³-hybridized carbons (Fsp3) is 0.333. The largest absolute Gasteiger partial charge is 0.510 e. The predicted molar refractivity (Wildman–Crippen MR) is 109 cm³/mol. The Morgan fingerprint density at radius 2 is 1.83 bits per heavy atom. The number of allylic oxidation sites excluding steroid dienone is 3. The van der Waals surface area contributed by atoms with Crippen molar-refractivity contribution in [1.82, 2.24) is 0 Å². The van der Waals surface area contributed by atoms with Crippen molar-refractivity contribution in [3.8, 4) is 5.75 Å². The standard InChI is InChI=1S/C21H22N2O5S.Cu/c1-12-5-4-7-14-11-17(29(26,27)28)19(21(25)18(12)14)23-22-16-10-9-13-6-2-3-8-15(13)20(16)24;/h4-5,7,9-11,13,15,24-25H,2-3,6,8H2,1H3,(H,26,27,28);. The van der Waals surface area contributed by atoms with E-state index in [0.29, 0.717) is 10.8 Å². The van der Waals surface area contributed by atoms with Crippen LogP contribution in [0.5, 0.6) is 5.75 Å². The molecule has 4 rings (SSSR count). The first kappa shape index (κ1) is 22.5. The summed E-state index contributed by atoms with van der Waals surface area (Å²) >= 11 is 0. The third kappa shape index (κ3) is 4.03. The Hall–Kier alpha value is -2.19. The van der Waals surface area contributed by atoms with Crippen LogP contribution in [-0.2, 0) is 27.2 Å². The van der Waals surface area contributed by atoms with Crippen LogP contribution >= 0.6 is 0 Å². The molecule has 1 saturated carbocycles. The second-order valence-corrected chi connectivity index (χ2v) is 8.99. The van der Waals surface area contributed by atoms with Crippen LogP contribution in [-0.4, -0.2) is 23.2 Å². The summed E-state index contributed by atoms with van der Waals surface area (Å²) in [4.78, 5) is -0.535. The van der Waals surface area contributed by atoms with Gasteiger partial charge in [-0.2, -0.15) is 8.42 Å². The van der Waals surface area contributed by atoms with Gasteiger partial charge < -0.3 is 10.2 Å².